The number of benzene rings is 1. The average molecular weight is 241 g/mol. The highest BCUT2D eigenvalue weighted by atomic mass is 19.1. The van der Waals surface area contributed by atoms with Crippen molar-refractivity contribution in [2.45, 2.75) is 13.0 Å². The van der Waals surface area contributed by atoms with Crippen LogP contribution in [-0.2, 0) is 9.53 Å². The van der Waals surface area contributed by atoms with Crippen LogP contribution in [0.25, 0.3) is 0 Å². The number of likely N-dealkylation sites (N-methyl/N-ethyl adjacent to an activating group) is 1. The third-order valence-corrected chi connectivity index (χ3v) is 2.31. The van der Waals surface area contributed by atoms with E-state index in [0.717, 1.165) is 0 Å². The van der Waals surface area contributed by atoms with E-state index in [9.17, 15) is 9.18 Å². The van der Waals surface area contributed by atoms with Gasteiger partial charge in [-0.2, -0.15) is 0 Å². The highest BCUT2D eigenvalue weighted by Crippen LogP contribution is 2.22. The Morgan fingerprint density at radius 3 is 2.71 bits per heavy atom. The van der Waals surface area contributed by atoms with Gasteiger partial charge in [0.05, 0.1) is 13.7 Å². The van der Waals surface area contributed by atoms with E-state index in [2.05, 4.69) is 10.1 Å². The quantitative estimate of drug-likeness (QED) is 0.796. The van der Waals surface area contributed by atoms with Gasteiger partial charge in [-0.15, -0.1) is 0 Å². The molecule has 0 radical (unpaired) electrons. The van der Waals surface area contributed by atoms with E-state index >= 15 is 0 Å². The highest BCUT2D eigenvalue weighted by molar-refractivity contribution is 5.77. The second-order valence-electron chi connectivity index (χ2n) is 3.37. The molecule has 0 saturated carbocycles. The topological polar surface area (TPSA) is 47.6 Å². The largest absolute Gasteiger partial charge is 0.491 e. The molecule has 4 nitrogen and oxygen atoms in total. The summed E-state index contributed by atoms with van der Waals surface area (Å²) in [6, 6.07) is 3.72. The summed E-state index contributed by atoms with van der Waals surface area (Å²) in [7, 11) is 2.90. The van der Waals surface area contributed by atoms with E-state index in [4.69, 9.17) is 4.74 Å². The van der Waals surface area contributed by atoms with Gasteiger partial charge in [0.2, 0.25) is 0 Å². The maximum absolute atomic E-state index is 13.6. The fourth-order valence-electron chi connectivity index (χ4n) is 1.51. The van der Waals surface area contributed by atoms with Crippen molar-refractivity contribution in [2.75, 3.05) is 20.8 Å². The van der Waals surface area contributed by atoms with Crippen molar-refractivity contribution in [1.82, 2.24) is 5.32 Å². The minimum Gasteiger partial charge on any atom is -0.491 e. The first-order valence-electron chi connectivity index (χ1n) is 5.31. The number of carbonyl (C=O) groups excluding carboxylic acids is 1. The summed E-state index contributed by atoms with van der Waals surface area (Å²) in [5, 5.41) is 2.77. The molecule has 17 heavy (non-hydrogen) atoms. The van der Waals surface area contributed by atoms with Gasteiger partial charge in [0, 0.05) is 0 Å². The minimum atomic E-state index is -0.676. The van der Waals surface area contributed by atoms with Crippen LogP contribution in [-0.4, -0.2) is 26.7 Å². The fraction of sp³-hybridized carbons (Fsp3) is 0.417. The summed E-state index contributed by atoms with van der Waals surface area (Å²) < 4.78 is 23.3. The maximum atomic E-state index is 13.6. The summed E-state index contributed by atoms with van der Waals surface area (Å²) in [6.07, 6.45) is 0. The Kier molecular flexibility index (Phi) is 4.90. The standard InChI is InChI=1S/C12H16FNO3/c1-4-17-10-6-5-8(7-9(10)13)11(14-2)12(15)16-3/h5-7,11,14H,4H2,1-3H3. The predicted octanol–water partition coefficient (Wildman–Crippen LogP) is 1.66. The van der Waals surface area contributed by atoms with Crippen molar-refractivity contribution in [1.29, 1.82) is 0 Å². The first-order valence-corrected chi connectivity index (χ1v) is 5.31. The molecule has 0 aliphatic carbocycles. The number of carbonyl (C=O) groups is 1. The number of methoxy groups -OCH3 is 1. The van der Waals surface area contributed by atoms with Crippen molar-refractivity contribution >= 4 is 5.97 Å². The third kappa shape index (κ3) is 3.17. The zero-order valence-corrected chi connectivity index (χ0v) is 10.1. The summed E-state index contributed by atoms with van der Waals surface area (Å²) in [4.78, 5) is 11.4. The minimum absolute atomic E-state index is 0.177. The third-order valence-electron chi connectivity index (χ3n) is 2.31. The molecule has 0 aliphatic rings. The Morgan fingerprint density at radius 2 is 2.24 bits per heavy atom. The summed E-state index contributed by atoms with van der Waals surface area (Å²) in [5.74, 6) is -0.777. The van der Waals surface area contributed by atoms with Crippen molar-refractivity contribution in [3.8, 4) is 5.75 Å². The predicted molar refractivity (Wildman–Crippen MR) is 61.4 cm³/mol. The molecule has 1 atom stereocenters. The van der Waals surface area contributed by atoms with Crippen LogP contribution < -0.4 is 10.1 Å². The van der Waals surface area contributed by atoms with Gasteiger partial charge in [-0.3, -0.25) is 0 Å². The molecular formula is C12H16FNO3. The first-order chi connectivity index (χ1) is 8.13. The number of halogens is 1. The van der Waals surface area contributed by atoms with Gasteiger partial charge in [-0.25, -0.2) is 9.18 Å². The molecule has 5 heteroatoms. The van der Waals surface area contributed by atoms with Gasteiger partial charge in [0.25, 0.3) is 0 Å². The Hall–Kier alpha value is -1.62. The normalized spacial score (nSPS) is 12.0. The lowest BCUT2D eigenvalue weighted by atomic mass is 10.1. The molecule has 0 amide bonds. The fourth-order valence-corrected chi connectivity index (χ4v) is 1.51. The number of hydrogen-bond donors (Lipinski definition) is 1. The maximum Gasteiger partial charge on any atom is 0.327 e. The first kappa shape index (κ1) is 13.4. The van der Waals surface area contributed by atoms with Gasteiger partial charge < -0.3 is 14.8 Å². The van der Waals surface area contributed by atoms with E-state index in [1.165, 1.54) is 19.2 Å². The highest BCUT2D eigenvalue weighted by Gasteiger charge is 2.20. The molecule has 1 N–H and O–H groups in total. The number of rotatable bonds is 5. The molecule has 0 saturated heterocycles. The lowest BCUT2D eigenvalue weighted by molar-refractivity contribution is -0.143. The second-order valence-corrected chi connectivity index (χ2v) is 3.37. The van der Waals surface area contributed by atoms with Crippen LogP contribution >= 0.6 is 0 Å². The average Bonchev–Trinajstić information content (AvgIpc) is 2.33. The Balaban J connectivity index is 2.98. The number of ether oxygens (including phenoxy) is 2. The Bertz CT molecular complexity index is 395. The SMILES string of the molecule is CCOc1ccc(C(NC)C(=O)OC)cc1F. The van der Waals surface area contributed by atoms with E-state index in [1.807, 2.05) is 0 Å². The van der Waals surface area contributed by atoms with Gasteiger partial charge in [-0.05, 0) is 31.7 Å². The molecule has 0 spiro atoms. The van der Waals surface area contributed by atoms with Crippen LogP contribution in [0, 0.1) is 5.82 Å². The lowest BCUT2D eigenvalue weighted by Gasteiger charge is -2.15. The second kappa shape index (κ2) is 6.20. The lowest BCUT2D eigenvalue weighted by Crippen LogP contribution is -2.26. The number of esters is 1. The summed E-state index contributed by atoms with van der Waals surface area (Å²) >= 11 is 0. The van der Waals surface area contributed by atoms with Crippen molar-refractivity contribution in [3.05, 3.63) is 29.6 Å². The zero-order chi connectivity index (χ0) is 12.8. The Morgan fingerprint density at radius 1 is 1.53 bits per heavy atom. The van der Waals surface area contributed by atoms with Crippen LogP contribution in [0.1, 0.15) is 18.5 Å². The number of hydrogen-bond acceptors (Lipinski definition) is 4. The smallest absolute Gasteiger partial charge is 0.327 e. The molecule has 1 aromatic rings. The van der Waals surface area contributed by atoms with E-state index in [0.29, 0.717) is 12.2 Å². The van der Waals surface area contributed by atoms with Crippen molar-refractivity contribution in [2.24, 2.45) is 0 Å². The van der Waals surface area contributed by atoms with Gasteiger partial charge in [-0.1, -0.05) is 6.07 Å². The number of nitrogens with one attached hydrogen (secondary N) is 1. The molecule has 1 unspecified atom stereocenters. The van der Waals surface area contributed by atoms with E-state index < -0.39 is 17.8 Å². The van der Waals surface area contributed by atoms with Crippen molar-refractivity contribution in [3.63, 3.8) is 0 Å². The van der Waals surface area contributed by atoms with Crippen LogP contribution in [0.2, 0.25) is 0 Å². The van der Waals surface area contributed by atoms with Gasteiger partial charge >= 0.3 is 5.97 Å². The van der Waals surface area contributed by atoms with Gasteiger partial charge in [0.1, 0.15) is 6.04 Å². The zero-order valence-electron chi connectivity index (χ0n) is 10.1. The molecule has 0 aliphatic heterocycles. The molecule has 0 bridgehead atoms. The van der Waals surface area contributed by atoms with Crippen molar-refractivity contribution < 1.29 is 18.7 Å². The molecule has 0 fully saturated rings. The Labute approximate surface area is 99.7 Å². The van der Waals surface area contributed by atoms with Crippen LogP contribution in [0.5, 0.6) is 5.75 Å². The monoisotopic (exact) mass is 241 g/mol. The molecule has 0 heterocycles. The van der Waals surface area contributed by atoms with E-state index in [1.54, 1.807) is 20.0 Å². The molecule has 94 valence electrons. The van der Waals surface area contributed by atoms with Crippen LogP contribution in [0.15, 0.2) is 18.2 Å². The molecular weight excluding hydrogens is 225 g/mol. The molecule has 0 aromatic heterocycles. The van der Waals surface area contributed by atoms with Gasteiger partial charge in [0.15, 0.2) is 11.6 Å². The summed E-state index contributed by atoms with van der Waals surface area (Å²) in [6.45, 7) is 2.17. The summed E-state index contributed by atoms with van der Waals surface area (Å²) in [5.41, 5.74) is 0.500. The molecule has 1 rings (SSSR count). The van der Waals surface area contributed by atoms with Crippen LogP contribution in [0.4, 0.5) is 4.39 Å². The molecule has 1 aromatic carbocycles. The van der Waals surface area contributed by atoms with Crippen LogP contribution in [0.3, 0.4) is 0 Å². The van der Waals surface area contributed by atoms with E-state index in [-0.39, 0.29) is 5.75 Å².